The quantitative estimate of drug-likeness (QED) is 0.628. The first kappa shape index (κ1) is 8.44. The molecular weight excluding hydrogens is 188 g/mol. The van der Waals surface area contributed by atoms with E-state index in [0.717, 1.165) is 12.8 Å². The average Bonchev–Trinajstić information content (AvgIpc) is 2.56. The third kappa shape index (κ3) is 1.18. The molecule has 2 fully saturated rings. The summed E-state index contributed by atoms with van der Waals surface area (Å²) in [7, 11) is 0. The Balaban J connectivity index is 1.66. The van der Waals surface area contributed by atoms with Gasteiger partial charge in [-0.15, -0.1) is 0 Å². The molecule has 0 bridgehead atoms. The Labute approximate surface area is 81.2 Å². The Morgan fingerprint density at radius 2 is 2.14 bits per heavy atom. The number of hydrogen-bond donors (Lipinski definition) is 1. The molecule has 78 valence electrons. The zero-order chi connectivity index (χ0) is 9.76. The molecule has 1 N–H and O–H groups in total. The number of rotatable bonds is 0. The van der Waals surface area contributed by atoms with Crippen LogP contribution in [0.4, 0.5) is 8.78 Å². The van der Waals surface area contributed by atoms with Crippen LogP contribution in [0.25, 0.3) is 0 Å². The first-order chi connectivity index (χ1) is 6.64. The van der Waals surface area contributed by atoms with Crippen LogP contribution in [0, 0.1) is 0 Å². The lowest BCUT2D eigenvalue weighted by Gasteiger charge is -2.40. The summed E-state index contributed by atoms with van der Waals surface area (Å²) < 4.78 is 25.2. The Morgan fingerprint density at radius 3 is 2.79 bits per heavy atom. The molecule has 3 nitrogen and oxygen atoms in total. The molecule has 0 radical (unpaired) electrons. The van der Waals surface area contributed by atoms with Gasteiger partial charge in [0.1, 0.15) is 0 Å². The summed E-state index contributed by atoms with van der Waals surface area (Å²) >= 11 is 0. The summed E-state index contributed by atoms with van der Waals surface area (Å²) in [5.74, 6) is -1.80. The van der Waals surface area contributed by atoms with E-state index >= 15 is 0 Å². The van der Waals surface area contributed by atoms with Gasteiger partial charge in [0.2, 0.25) is 0 Å². The van der Waals surface area contributed by atoms with Gasteiger partial charge in [0, 0.05) is 0 Å². The van der Waals surface area contributed by atoms with Gasteiger partial charge < -0.3 is 10.2 Å². The smallest absolute Gasteiger partial charge is 0.282 e. The molecule has 0 aromatic rings. The van der Waals surface area contributed by atoms with Crippen LogP contribution in [0.1, 0.15) is 19.3 Å². The van der Waals surface area contributed by atoms with Gasteiger partial charge in [0.05, 0.1) is 25.2 Å². The van der Waals surface area contributed by atoms with Gasteiger partial charge in [-0.3, -0.25) is 0 Å². The van der Waals surface area contributed by atoms with Crippen molar-refractivity contribution in [3.63, 3.8) is 0 Å². The topological polar surface area (TPSA) is 27.6 Å². The molecule has 1 saturated heterocycles. The van der Waals surface area contributed by atoms with Crippen molar-refractivity contribution in [2.45, 2.75) is 37.3 Å². The van der Waals surface area contributed by atoms with Gasteiger partial charge >= 0.3 is 0 Å². The van der Waals surface area contributed by atoms with Crippen molar-refractivity contribution < 1.29 is 8.78 Å². The number of guanidine groups is 1. The van der Waals surface area contributed by atoms with E-state index in [2.05, 4.69) is 10.3 Å². The second kappa shape index (κ2) is 2.58. The number of nitrogens with zero attached hydrogens (tertiary/aromatic N) is 2. The van der Waals surface area contributed by atoms with Crippen LogP contribution in [-0.2, 0) is 0 Å². The number of hydrogen-bond acceptors (Lipinski definition) is 3. The largest absolute Gasteiger partial charge is 0.351 e. The Hall–Kier alpha value is -0.870. The molecule has 3 aliphatic rings. The molecule has 0 spiro atoms. The number of aliphatic imine (C=N–C) groups is 1. The van der Waals surface area contributed by atoms with E-state index in [1.54, 1.807) is 4.90 Å². The molecule has 3 rings (SSSR count). The van der Waals surface area contributed by atoms with Gasteiger partial charge in [0.25, 0.3) is 5.92 Å². The van der Waals surface area contributed by atoms with Crippen LogP contribution in [0.2, 0.25) is 0 Å². The normalized spacial score (nSPS) is 38.7. The van der Waals surface area contributed by atoms with Gasteiger partial charge in [0.15, 0.2) is 5.96 Å². The average molecular weight is 201 g/mol. The lowest BCUT2D eigenvalue weighted by molar-refractivity contribution is -0.102. The van der Waals surface area contributed by atoms with E-state index in [4.69, 9.17) is 0 Å². The Morgan fingerprint density at radius 1 is 1.36 bits per heavy atom. The van der Waals surface area contributed by atoms with Gasteiger partial charge in [-0.05, 0) is 19.3 Å². The summed E-state index contributed by atoms with van der Waals surface area (Å²) in [5.41, 5.74) is 0. The minimum Gasteiger partial charge on any atom is -0.351 e. The van der Waals surface area contributed by atoms with Crippen LogP contribution in [-0.4, -0.2) is 42.0 Å². The zero-order valence-corrected chi connectivity index (χ0v) is 7.84. The van der Waals surface area contributed by atoms with E-state index in [1.165, 1.54) is 6.42 Å². The zero-order valence-electron chi connectivity index (χ0n) is 7.84. The molecule has 0 aromatic carbocycles. The van der Waals surface area contributed by atoms with Crippen molar-refractivity contribution in [1.29, 1.82) is 0 Å². The number of nitrogens with one attached hydrogen (secondary N) is 1. The number of likely N-dealkylation sites (tertiary alicyclic amines) is 1. The summed E-state index contributed by atoms with van der Waals surface area (Å²) in [6, 6.07) is 0.762. The van der Waals surface area contributed by atoms with E-state index in [1.807, 2.05) is 0 Å². The van der Waals surface area contributed by atoms with E-state index in [9.17, 15) is 8.78 Å². The lowest BCUT2D eigenvalue weighted by atomic mass is 10.1. The SMILES string of the molecule is FC1(F)CN(C2=NC3CCCC3N2)C1. The van der Waals surface area contributed by atoms with Crippen LogP contribution in [0.3, 0.4) is 0 Å². The van der Waals surface area contributed by atoms with Gasteiger partial charge in [-0.25, -0.2) is 13.8 Å². The predicted molar refractivity (Wildman–Crippen MR) is 48.5 cm³/mol. The van der Waals surface area contributed by atoms with Crippen LogP contribution in [0.15, 0.2) is 4.99 Å². The predicted octanol–water partition coefficient (Wildman–Crippen LogP) is 0.818. The molecule has 2 unspecified atom stereocenters. The molecular formula is C9H13F2N3. The summed E-state index contributed by atoms with van der Waals surface area (Å²) in [6.45, 7) is -0.337. The summed E-state index contributed by atoms with van der Waals surface area (Å²) in [5, 5.41) is 3.24. The van der Waals surface area contributed by atoms with E-state index < -0.39 is 5.92 Å². The molecule has 14 heavy (non-hydrogen) atoms. The third-order valence-corrected chi connectivity index (χ3v) is 3.23. The summed E-state index contributed by atoms with van der Waals surface area (Å²) in [6.07, 6.45) is 3.43. The van der Waals surface area contributed by atoms with Crippen molar-refractivity contribution in [2.75, 3.05) is 13.1 Å². The van der Waals surface area contributed by atoms with Crippen molar-refractivity contribution >= 4 is 5.96 Å². The highest BCUT2D eigenvalue weighted by Crippen LogP contribution is 2.31. The Kier molecular flexibility index (Phi) is 1.56. The highest BCUT2D eigenvalue weighted by molar-refractivity contribution is 5.83. The fourth-order valence-corrected chi connectivity index (χ4v) is 2.46. The van der Waals surface area contributed by atoms with E-state index in [0.29, 0.717) is 18.0 Å². The number of alkyl halides is 2. The molecule has 1 saturated carbocycles. The molecule has 5 heteroatoms. The third-order valence-electron chi connectivity index (χ3n) is 3.23. The molecule has 0 amide bonds. The second-order valence-corrected chi connectivity index (χ2v) is 4.41. The molecule has 2 aliphatic heterocycles. The van der Waals surface area contributed by atoms with Gasteiger partial charge in [-0.2, -0.15) is 0 Å². The first-order valence-electron chi connectivity index (χ1n) is 5.11. The number of halogens is 2. The Bertz CT molecular complexity index is 282. The highest BCUT2D eigenvalue weighted by Gasteiger charge is 2.47. The maximum atomic E-state index is 12.6. The standard InChI is InChI=1S/C9H13F2N3/c10-9(11)4-14(5-9)8-12-6-2-1-3-7(6)13-8/h6-7H,1-5H2,(H,12,13). The van der Waals surface area contributed by atoms with Crippen molar-refractivity contribution in [3.8, 4) is 0 Å². The fourth-order valence-electron chi connectivity index (χ4n) is 2.46. The lowest BCUT2D eigenvalue weighted by Crippen LogP contribution is -2.61. The minimum absolute atomic E-state index is 0.168. The van der Waals surface area contributed by atoms with Crippen molar-refractivity contribution in [3.05, 3.63) is 0 Å². The van der Waals surface area contributed by atoms with Crippen LogP contribution < -0.4 is 5.32 Å². The maximum Gasteiger partial charge on any atom is 0.282 e. The molecule has 0 aromatic heterocycles. The van der Waals surface area contributed by atoms with Crippen LogP contribution >= 0.6 is 0 Å². The summed E-state index contributed by atoms with van der Waals surface area (Å²) in [4.78, 5) is 6.07. The van der Waals surface area contributed by atoms with Crippen molar-refractivity contribution in [1.82, 2.24) is 10.2 Å². The minimum atomic E-state index is -2.50. The van der Waals surface area contributed by atoms with Crippen molar-refractivity contribution in [2.24, 2.45) is 4.99 Å². The molecule has 1 aliphatic carbocycles. The first-order valence-corrected chi connectivity index (χ1v) is 5.11. The van der Waals surface area contributed by atoms with E-state index in [-0.39, 0.29) is 13.1 Å². The maximum absolute atomic E-state index is 12.6. The van der Waals surface area contributed by atoms with Crippen LogP contribution in [0.5, 0.6) is 0 Å². The fraction of sp³-hybridized carbons (Fsp3) is 0.889. The highest BCUT2D eigenvalue weighted by atomic mass is 19.3. The monoisotopic (exact) mass is 201 g/mol. The van der Waals surface area contributed by atoms with Gasteiger partial charge in [-0.1, -0.05) is 0 Å². The number of fused-ring (bicyclic) bond motifs is 1. The second-order valence-electron chi connectivity index (χ2n) is 4.41. The molecule has 2 atom stereocenters. The molecule has 2 heterocycles.